The van der Waals surface area contributed by atoms with Gasteiger partial charge >= 0.3 is 5.97 Å². The van der Waals surface area contributed by atoms with Crippen LogP contribution in [0.2, 0.25) is 5.02 Å². The van der Waals surface area contributed by atoms with Gasteiger partial charge in [0.2, 0.25) is 0 Å². The number of hydrogen-bond acceptors (Lipinski definition) is 2. The zero-order valence-corrected chi connectivity index (χ0v) is 11.2. The summed E-state index contributed by atoms with van der Waals surface area (Å²) in [5.74, 6) is 0.0610. The molecule has 0 amide bonds. The second kappa shape index (κ2) is 6.21. The number of esters is 1. The van der Waals surface area contributed by atoms with Crippen molar-refractivity contribution in [2.45, 2.75) is 6.92 Å². The van der Waals surface area contributed by atoms with E-state index in [-0.39, 0.29) is 0 Å². The van der Waals surface area contributed by atoms with Gasteiger partial charge in [0.1, 0.15) is 5.75 Å². The van der Waals surface area contributed by atoms with E-state index in [0.29, 0.717) is 10.8 Å². The highest BCUT2D eigenvalue weighted by molar-refractivity contribution is 6.30. The summed E-state index contributed by atoms with van der Waals surface area (Å²) in [5.41, 5.74) is 2.14. The van der Waals surface area contributed by atoms with Crippen LogP contribution < -0.4 is 4.74 Å². The van der Waals surface area contributed by atoms with E-state index in [1.54, 1.807) is 30.3 Å². The Kier molecular flexibility index (Phi) is 4.37. The Bertz CT molecular complexity index is 583. The Balaban J connectivity index is 1.97. The van der Waals surface area contributed by atoms with Crippen LogP contribution in [0.4, 0.5) is 0 Å². The second-order valence-electron chi connectivity index (χ2n) is 4.12. The fourth-order valence-corrected chi connectivity index (χ4v) is 1.62. The molecular weight excluding hydrogens is 260 g/mol. The number of rotatable bonds is 3. The average molecular weight is 273 g/mol. The molecular formula is C16H13ClO2. The van der Waals surface area contributed by atoms with Crippen LogP contribution in [0.25, 0.3) is 6.08 Å². The van der Waals surface area contributed by atoms with Crippen LogP contribution in [0.5, 0.6) is 5.75 Å². The lowest BCUT2D eigenvalue weighted by atomic mass is 10.1. The van der Waals surface area contributed by atoms with E-state index in [0.717, 1.165) is 5.56 Å². The Morgan fingerprint density at radius 3 is 2.32 bits per heavy atom. The van der Waals surface area contributed by atoms with Crippen molar-refractivity contribution in [3.05, 3.63) is 70.8 Å². The molecule has 0 aliphatic rings. The van der Waals surface area contributed by atoms with Gasteiger partial charge in [0, 0.05) is 11.1 Å². The summed E-state index contributed by atoms with van der Waals surface area (Å²) in [6, 6.07) is 14.5. The van der Waals surface area contributed by atoms with Crippen molar-refractivity contribution in [2.24, 2.45) is 0 Å². The van der Waals surface area contributed by atoms with E-state index in [1.165, 1.54) is 11.6 Å². The summed E-state index contributed by atoms with van der Waals surface area (Å²) in [4.78, 5) is 11.6. The lowest BCUT2D eigenvalue weighted by molar-refractivity contribution is -0.128. The number of hydrogen-bond donors (Lipinski definition) is 0. The summed E-state index contributed by atoms with van der Waals surface area (Å²) < 4.78 is 5.13. The van der Waals surface area contributed by atoms with Crippen molar-refractivity contribution in [1.82, 2.24) is 0 Å². The van der Waals surface area contributed by atoms with Crippen LogP contribution in [-0.2, 0) is 4.79 Å². The summed E-state index contributed by atoms with van der Waals surface area (Å²) in [6.07, 6.45) is 3.12. The van der Waals surface area contributed by atoms with Crippen molar-refractivity contribution in [3.63, 3.8) is 0 Å². The van der Waals surface area contributed by atoms with Crippen LogP contribution >= 0.6 is 11.6 Å². The van der Waals surface area contributed by atoms with Crippen LogP contribution in [0.1, 0.15) is 11.1 Å². The van der Waals surface area contributed by atoms with Crippen LogP contribution in [0, 0.1) is 6.92 Å². The molecule has 0 atom stereocenters. The van der Waals surface area contributed by atoms with Gasteiger partial charge in [-0.15, -0.1) is 0 Å². The first-order valence-electron chi connectivity index (χ1n) is 5.85. The first kappa shape index (κ1) is 13.4. The molecule has 2 nitrogen and oxygen atoms in total. The van der Waals surface area contributed by atoms with Crippen molar-refractivity contribution in [1.29, 1.82) is 0 Å². The molecule has 0 aliphatic heterocycles. The number of carbonyl (C=O) groups is 1. The van der Waals surface area contributed by atoms with Gasteiger partial charge in [-0.3, -0.25) is 0 Å². The maximum Gasteiger partial charge on any atom is 0.336 e. The van der Waals surface area contributed by atoms with E-state index in [1.807, 2.05) is 31.2 Å². The van der Waals surface area contributed by atoms with Gasteiger partial charge in [-0.2, -0.15) is 0 Å². The van der Waals surface area contributed by atoms with Gasteiger partial charge in [-0.05, 0) is 42.8 Å². The van der Waals surface area contributed by atoms with Gasteiger partial charge in [-0.1, -0.05) is 41.4 Å². The number of halogens is 1. The van der Waals surface area contributed by atoms with E-state index in [2.05, 4.69) is 0 Å². The van der Waals surface area contributed by atoms with Crippen molar-refractivity contribution < 1.29 is 9.53 Å². The van der Waals surface area contributed by atoms with Crippen LogP contribution in [0.15, 0.2) is 54.6 Å². The molecule has 0 aromatic heterocycles. The van der Waals surface area contributed by atoms with Gasteiger partial charge in [0.15, 0.2) is 0 Å². The minimum atomic E-state index is -0.414. The molecule has 0 unspecified atom stereocenters. The fraction of sp³-hybridized carbons (Fsp3) is 0.0625. The van der Waals surface area contributed by atoms with Crippen LogP contribution in [0.3, 0.4) is 0 Å². The summed E-state index contributed by atoms with van der Waals surface area (Å²) in [7, 11) is 0. The standard InChI is InChI=1S/C16H13ClO2/c1-12-2-4-13(5-3-12)6-11-16(18)19-15-9-7-14(17)8-10-15/h2-11H,1H3. The molecule has 0 spiro atoms. The second-order valence-corrected chi connectivity index (χ2v) is 4.56. The molecule has 2 rings (SSSR count). The number of aryl methyl sites for hydroxylation is 1. The quantitative estimate of drug-likeness (QED) is 0.474. The number of benzene rings is 2. The predicted molar refractivity (Wildman–Crippen MR) is 77.3 cm³/mol. The zero-order chi connectivity index (χ0) is 13.7. The number of ether oxygens (including phenoxy) is 1. The Labute approximate surface area is 117 Å². The molecule has 0 saturated heterocycles. The predicted octanol–water partition coefficient (Wildman–Crippen LogP) is 4.27. The minimum absolute atomic E-state index is 0.414. The van der Waals surface area contributed by atoms with Crippen molar-refractivity contribution >= 4 is 23.6 Å². The largest absolute Gasteiger partial charge is 0.423 e. The van der Waals surface area contributed by atoms with E-state index in [4.69, 9.17) is 16.3 Å². The highest BCUT2D eigenvalue weighted by Crippen LogP contribution is 2.15. The van der Waals surface area contributed by atoms with Crippen molar-refractivity contribution in [2.75, 3.05) is 0 Å². The zero-order valence-electron chi connectivity index (χ0n) is 10.5. The highest BCUT2D eigenvalue weighted by Gasteiger charge is 2.00. The summed E-state index contributed by atoms with van der Waals surface area (Å²) in [6.45, 7) is 2.02. The number of carbonyl (C=O) groups excluding carboxylic acids is 1. The third-order valence-electron chi connectivity index (χ3n) is 2.52. The van der Waals surface area contributed by atoms with Gasteiger partial charge < -0.3 is 4.74 Å². The third-order valence-corrected chi connectivity index (χ3v) is 2.77. The SMILES string of the molecule is Cc1ccc(C=CC(=O)Oc2ccc(Cl)cc2)cc1. The maximum absolute atomic E-state index is 11.6. The third kappa shape index (κ3) is 4.27. The topological polar surface area (TPSA) is 26.3 Å². The monoisotopic (exact) mass is 272 g/mol. The Hall–Kier alpha value is -2.06. The van der Waals surface area contributed by atoms with Gasteiger partial charge in [-0.25, -0.2) is 4.79 Å². The molecule has 0 fully saturated rings. The molecule has 0 radical (unpaired) electrons. The molecule has 0 N–H and O–H groups in total. The smallest absolute Gasteiger partial charge is 0.336 e. The van der Waals surface area contributed by atoms with Crippen LogP contribution in [-0.4, -0.2) is 5.97 Å². The molecule has 3 heteroatoms. The Morgan fingerprint density at radius 1 is 1.05 bits per heavy atom. The maximum atomic E-state index is 11.6. The van der Waals surface area contributed by atoms with Gasteiger partial charge in [0.05, 0.1) is 0 Å². The molecule has 0 saturated carbocycles. The lowest BCUT2D eigenvalue weighted by Gasteiger charge is -2.00. The molecule has 19 heavy (non-hydrogen) atoms. The Morgan fingerprint density at radius 2 is 1.68 bits per heavy atom. The summed E-state index contributed by atoms with van der Waals surface area (Å²) >= 11 is 5.75. The highest BCUT2D eigenvalue weighted by atomic mass is 35.5. The average Bonchev–Trinajstić information content (AvgIpc) is 2.41. The van der Waals surface area contributed by atoms with E-state index >= 15 is 0 Å². The minimum Gasteiger partial charge on any atom is -0.423 e. The summed E-state index contributed by atoms with van der Waals surface area (Å²) in [5, 5.41) is 0.606. The first-order valence-corrected chi connectivity index (χ1v) is 6.23. The first-order chi connectivity index (χ1) is 9.13. The van der Waals surface area contributed by atoms with E-state index in [9.17, 15) is 4.79 Å². The van der Waals surface area contributed by atoms with E-state index < -0.39 is 5.97 Å². The molecule has 96 valence electrons. The molecule has 0 heterocycles. The molecule has 0 aliphatic carbocycles. The normalized spacial score (nSPS) is 10.6. The molecule has 2 aromatic rings. The van der Waals surface area contributed by atoms with Crippen molar-refractivity contribution in [3.8, 4) is 5.75 Å². The molecule has 2 aromatic carbocycles. The lowest BCUT2D eigenvalue weighted by Crippen LogP contribution is -2.03. The fourth-order valence-electron chi connectivity index (χ4n) is 1.49. The molecule has 0 bridgehead atoms. The van der Waals surface area contributed by atoms with Gasteiger partial charge in [0.25, 0.3) is 0 Å².